The molecule has 1 saturated carbocycles. The number of fused-ring (bicyclic) bond motifs is 1. The summed E-state index contributed by atoms with van der Waals surface area (Å²) in [5.41, 5.74) is 11.0. The lowest BCUT2D eigenvalue weighted by Crippen LogP contribution is -2.23. The van der Waals surface area contributed by atoms with Crippen LogP contribution in [0.25, 0.3) is 22.2 Å². The number of anilines is 2. The Morgan fingerprint density at radius 2 is 2.00 bits per heavy atom. The van der Waals surface area contributed by atoms with Gasteiger partial charge in [-0.1, -0.05) is 12.1 Å². The van der Waals surface area contributed by atoms with Crippen molar-refractivity contribution >= 4 is 28.4 Å². The van der Waals surface area contributed by atoms with Gasteiger partial charge < -0.3 is 29.4 Å². The summed E-state index contributed by atoms with van der Waals surface area (Å²) in [6.07, 6.45) is 7.20. The number of ether oxygens (including phenoxy) is 2. The number of nitrogens with two attached hydrogens (primary N) is 1. The van der Waals surface area contributed by atoms with Crippen LogP contribution in [0.15, 0.2) is 61.2 Å². The van der Waals surface area contributed by atoms with E-state index < -0.39 is 12.2 Å². The summed E-state index contributed by atoms with van der Waals surface area (Å²) in [7, 11) is 0. The topological polar surface area (TPSA) is 117 Å². The Bertz CT molecular complexity index is 1360. The minimum Gasteiger partial charge on any atom is -0.491 e. The van der Waals surface area contributed by atoms with Crippen molar-refractivity contribution in [3.05, 3.63) is 61.2 Å². The van der Waals surface area contributed by atoms with Crippen molar-refractivity contribution in [2.75, 3.05) is 17.7 Å². The molecule has 1 unspecified atom stereocenters. The molecule has 0 bridgehead atoms. The number of aliphatic hydroxyl groups excluding tert-OH is 1. The number of nitrogen functional groups attached to an aromatic ring is 1. The summed E-state index contributed by atoms with van der Waals surface area (Å²) in [5.74, 6) is 0.685. The Balaban J connectivity index is 1.40. The Morgan fingerprint density at radius 3 is 2.65 bits per heavy atom. The zero-order valence-electron chi connectivity index (χ0n) is 21.1. The summed E-state index contributed by atoms with van der Waals surface area (Å²) in [5, 5.41) is 14.1. The van der Waals surface area contributed by atoms with E-state index in [-0.39, 0.29) is 12.7 Å². The van der Waals surface area contributed by atoms with Crippen LogP contribution in [0.4, 0.5) is 16.2 Å². The van der Waals surface area contributed by atoms with Gasteiger partial charge in [0.1, 0.15) is 18.5 Å². The minimum atomic E-state index is -0.658. The first kappa shape index (κ1) is 24.7. The zero-order chi connectivity index (χ0) is 25.9. The normalized spacial score (nSPS) is 14.5. The monoisotopic (exact) mass is 503 g/mol. The fourth-order valence-electron chi connectivity index (χ4n) is 4.68. The van der Waals surface area contributed by atoms with Crippen molar-refractivity contribution in [1.29, 1.82) is 0 Å². The first-order valence-electron chi connectivity index (χ1n) is 12.7. The fraction of sp³-hybridized carbons (Fsp3) is 0.357. The number of hydrogen-bond acceptors (Lipinski definition) is 6. The van der Waals surface area contributed by atoms with E-state index in [1.807, 2.05) is 67.1 Å². The number of carbonyl (C=O) groups is 1. The van der Waals surface area contributed by atoms with E-state index in [1.54, 1.807) is 12.5 Å². The number of carbonyl (C=O) groups excluding carboxylic acids is 1. The van der Waals surface area contributed by atoms with Crippen LogP contribution < -0.4 is 15.8 Å². The molecular formula is C28H33N5O4. The summed E-state index contributed by atoms with van der Waals surface area (Å²) in [6.45, 7) is 4.21. The molecule has 37 heavy (non-hydrogen) atoms. The predicted octanol–water partition coefficient (Wildman–Crippen LogP) is 5.21. The van der Waals surface area contributed by atoms with Gasteiger partial charge in [0.15, 0.2) is 0 Å². The number of hydrogen-bond donors (Lipinski definition) is 3. The van der Waals surface area contributed by atoms with Gasteiger partial charge in [0.25, 0.3) is 0 Å². The van der Waals surface area contributed by atoms with E-state index in [2.05, 4.69) is 14.9 Å². The van der Waals surface area contributed by atoms with Crippen LogP contribution in [0, 0.1) is 0 Å². The fourth-order valence-corrected chi connectivity index (χ4v) is 4.68. The molecule has 9 nitrogen and oxygen atoms in total. The summed E-state index contributed by atoms with van der Waals surface area (Å²) in [4.78, 5) is 16.0. The standard InChI is InChI=1S/C28H33N5O4/c1-18(2)37-28(35)31-20-8-6-19(7-9-20)27-26(29)24-11-10-23(14-25(24)33(27)21-4-3-5-21)36-16-22(34)15-32-13-12-30-17-32/h6-14,17-18,21-22,34H,3-5,15-16,29H2,1-2H3,(H,31,35). The molecule has 0 saturated heterocycles. The molecule has 194 valence electrons. The maximum absolute atomic E-state index is 12.0. The molecule has 5 rings (SSSR count). The average molecular weight is 504 g/mol. The van der Waals surface area contributed by atoms with E-state index in [1.165, 1.54) is 6.42 Å². The van der Waals surface area contributed by atoms with Gasteiger partial charge in [0.2, 0.25) is 0 Å². The number of amides is 1. The summed E-state index contributed by atoms with van der Waals surface area (Å²) < 4.78 is 15.3. The highest BCUT2D eigenvalue weighted by molar-refractivity contribution is 6.01. The second-order valence-electron chi connectivity index (χ2n) is 9.78. The molecule has 9 heteroatoms. The van der Waals surface area contributed by atoms with Crippen LogP contribution in [0.5, 0.6) is 5.75 Å². The van der Waals surface area contributed by atoms with Gasteiger partial charge in [-0.2, -0.15) is 0 Å². The van der Waals surface area contributed by atoms with E-state index in [4.69, 9.17) is 15.2 Å². The first-order chi connectivity index (χ1) is 17.9. The van der Waals surface area contributed by atoms with Crippen molar-refractivity contribution in [3.8, 4) is 17.0 Å². The third-order valence-corrected chi connectivity index (χ3v) is 6.63. The highest BCUT2D eigenvalue weighted by Gasteiger charge is 2.27. The van der Waals surface area contributed by atoms with E-state index in [0.717, 1.165) is 35.0 Å². The molecule has 2 aromatic heterocycles. The van der Waals surface area contributed by atoms with Crippen LogP contribution in [0.2, 0.25) is 0 Å². The quantitative estimate of drug-likeness (QED) is 0.289. The second-order valence-corrected chi connectivity index (χ2v) is 9.78. The number of benzene rings is 2. The highest BCUT2D eigenvalue weighted by Crippen LogP contribution is 2.45. The molecule has 0 aliphatic heterocycles. The van der Waals surface area contributed by atoms with Gasteiger partial charge in [0.05, 0.1) is 35.9 Å². The van der Waals surface area contributed by atoms with Gasteiger partial charge >= 0.3 is 6.09 Å². The Hall–Kier alpha value is -3.98. The molecule has 1 aliphatic carbocycles. The predicted molar refractivity (Wildman–Crippen MR) is 144 cm³/mol. The third kappa shape index (κ3) is 5.41. The molecular weight excluding hydrogens is 470 g/mol. The van der Waals surface area contributed by atoms with Gasteiger partial charge in [-0.15, -0.1) is 0 Å². The van der Waals surface area contributed by atoms with Gasteiger partial charge in [0, 0.05) is 41.1 Å². The maximum Gasteiger partial charge on any atom is 0.411 e. The molecule has 2 heterocycles. The molecule has 1 amide bonds. The number of imidazole rings is 1. The minimum absolute atomic E-state index is 0.171. The smallest absolute Gasteiger partial charge is 0.411 e. The lowest BCUT2D eigenvalue weighted by atomic mass is 9.92. The Morgan fingerprint density at radius 1 is 1.22 bits per heavy atom. The van der Waals surface area contributed by atoms with Gasteiger partial charge in [-0.25, -0.2) is 9.78 Å². The van der Waals surface area contributed by atoms with Crippen molar-refractivity contribution in [3.63, 3.8) is 0 Å². The lowest BCUT2D eigenvalue weighted by Gasteiger charge is -2.30. The van der Waals surface area contributed by atoms with E-state index >= 15 is 0 Å². The molecule has 0 spiro atoms. The van der Waals surface area contributed by atoms with Crippen LogP contribution in [-0.2, 0) is 11.3 Å². The molecule has 4 N–H and O–H groups in total. The lowest BCUT2D eigenvalue weighted by molar-refractivity contribution is 0.0925. The van der Waals surface area contributed by atoms with Crippen LogP contribution in [0.3, 0.4) is 0 Å². The van der Waals surface area contributed by atoms with Crippen molar-refractivity contribution < 1.29 is 19.4 Å². The molecule has 1 aliphatic rings. The average Bonchev–Trinajstić information content (AvgIpc) is 3.43. The zero-order valence-corrected chi connectivity index (χ0v) is 21.1. The largest absolute Gasteiger partial charge is 0.491 e. The summed E-state index contributed by atoms with van der Waals surface area (Å²) >= 11 is 0. The summed E-state index contributed by atoms with van der Waals surface area (Å²) in [6, 6.07) is 13.9. The van der Waals surface area contributed by atoms with Crippen LogP contribution in [-0.4, -0.2) is 44.1 Å². The number of nitrogens with zero attached hydrogens (tertiary/aromatic N) is 3. The first-order valence-corrected chi connectivity index (χ1v) is 12.7. The Kier molecular flexibility index (Phi) is 7.05. The number of aliphatic hydroxyl groups is 1. The van der Waals surface area contributed by atoms with Crippen molar-refractivity contribution in [2.45, 2.75) is 57.9 Å². The maximum atomic E-state index is 12.0. The number of aromatic nitrogens is 3. The van der Waals surface area contributed by atoms with E-state index in [0.29, 0.717) is 29.7 Å². The molecule has 1 fully saturated rings. The van der Waals surface area contributed by atoms with Gasteiger partial charge in [-0.05, 0) is 57.4 Å². The molecule has 1 atom stereocenters. The van der Waals surface area contributed by atoms with E-state index in [9.17, 15) is 9.90 Å². The molecule has 0 radical (unpaired) electrons. The van der Waals surface area contributed by atoms with Crippen molar-refractivity contribution in [2.24, 2.45) is 0 Å². The third-order valence-electron chi connectivity index (χ3n) is 6.63. The van der Waals surface area contributed by atoms with Crippen molar-refractivity contribution in [1.82, 2.24) is 14.1 Å². The van der Waals surface area contributed by atoms with Gasteiger partial charge in [-0.3, -0.25) is 5.32 Å². The Labute approximate surface area is 215 Å². The number of nitrogens with one attached hydrogen (secondary N) is 1. The second kappa shape index (κ2) is 10.6. The molecule has 4 aromatic rings. The number of rotatable bonds is 9. The molecule has 2 aromatic carbocycles. The highest BCUT2D eigenvalue weighted by atomic mass is 16.6. The SMILES string of the molecule is CC(C)OC(=O)Nc1ccc(-c2c(N)c3ccc(OCC(O)Cn4ccnc4)cc3n2C2CCC2)cc1. The van der Waals surface area contributed by atoms with Crippen LogP contribution in [0.1, 0.15) is 39.2 Å². The van der Waals surface area contributed by atoms with Crippen LogP contribution >= 0.6 is 0 Å².